The van der Waals surface area contributed by atoms with E-state index in [1.165, 1.54) is 16.9 Å². The molecule has 43 heavy (non-hydrogen) atoms. The summed E-state index contributed by atoms with van der Waals surface area (Å²) in [5.74, 6) is 2.36. The summed E-state index contributed by atoms with van der Waals surface area (Å²) >= 11 is 0. The first-order chi connectivity index (χ1) is 20.3. The van der Waals surface area contributed by atoms with Gasteiger partial charge in [-0.05, 0) is 53.9 Å². The SMILES string of the molecule is C=C.CC.CC.CCC1(C)c2ccccc2N2c3nc(CC(C)(C)C)c(CC(C)(C)C)nc3N(c3ccccc3)C2C1C. The second kappa shape index (κ2) is 14.6. The summed E-state index contributed by atoms with van der Waals surface area (Å²) < 4.78 is 0. The lowest BCUT2D eigenvalue weighted by Crippen LogP contribution is -2.54. The van der Waals surface area contributed by atoms with Gasteiger partial charge in [-0.3, -0.25) is 0 Å². The fourth-order valence-electron chi connectivity index (χ4n) is 6.28. The molecule has 4 nitrogen and oxygen atoms in total. The van der Waals surface area contributed by atoms with E-state index >= 15 is 0 Å². The molecule has 2 aliphatic heterocycles. The van der Waals surface area contributed by atoms with Crippen molar-refractivity contribution in [3.63, 3.8) is 0 Å². The van der Waals surface area contributed by atoms with E-state index in [0.29, 0.717) is 5.92 Å². The predicted molar refractivity (Wildman–Crippen MR) is 190 cm³/mol. The number of fused-ring (bicyclic) bond motifs is 5. The highest BCUT2D eigenvalue weighted by Gasteiger charge is 2.53. The Morgan fingerprint density at radius 3 is 1.63 bits per heavy atom. The Morgan fingerprint density at radius 2 is 1.16 bits per heavy atom. The van der Waals surface area contributed by atoms with Gasteiger partial charge in [-0.15, -0.1) is 13.2 Å². The molecule has 0 saturated heterocycles. The number of nitrogens with zero attached hydrogens (tertiary/aromatic N) is 4. The average Bonchev–Trinajstić information content (AvgIpc) is 3.32. The standard InChI is InChI=1S/C33H44N4.2C2H6.C2H4/c1-10-33(9)22(2)30-36(23-16-12-11-13-17-23)28-29(37(30)27-19-15-14-18-24(27)33)35-26(21-32(6,7)8)25(34-28)20-31(3,4)5;3*1-2/h11-19,22,30H,10,20-21H2,1-9H3;2*1-2H3;1-2H2. The first-order valence-electron chi connectivity index (χ1n) is 16.5. The third-order valence-corrected chi connectivity index (χ3v) is 8.40. The van der Waals surface area contributed by atoms with E-state index in [9.17, 15) is 0 Å². The van der Waals surface area contributed by atoms with Crippen LogP contribution in [0.4, 0.5) is 23.0 Å². The van der Waals surface area contributed by atoms with Gasteiger partial charge in [0.15, 0.2) is 11.6 Å². The minimum absolute atomic E-state index is 0.0509. The van der Waals surface area contributed by atoms with Gasteiger partial charge < -0.3 is 9.80 Å². The van der Waals surface area contributed by atoms with Crippen molar-refractivity contribution in [2.45, 2.75) is 121 Å². The summed E-state index contributed by atoms with van der Waals surface area (Å²) in [7, 11) is 0. The van der Waals surface area contributed by atoms with Crippen molar-refractivity contribution in [2.75, 3.05) is 9.80 Å². The summed E-state index contributed by atoms with van der Waals surface area (Å²) in [6, 6.07) is 19.8. The Kier molecular flexibility index (Phi) is 12.2. The molecular formula is C39H60N4. The fraction of sp³-hybridized carbons (Fsp3) is 0.538. The highest BCUT2D eigenvalue weighted by Crippen LogP contribution is 2.57. The molecule has 3 atom stereocenters. The summed E-state index contributed by atoms with van der Waals surface area (Å²) in [5, 5.41) is 0. The van der Waals surface area contributed by atoms with Crippen LogP contribution in [0.3, 0.4) is 0 Å². The summed E-state index contributed by atoms with van der Waals surface area (Å²) in [6.45, 7) is 35.0. The number of rotatable bonds is 4. The van der Waals surface area contributed by atoms with Crippen molar-refractivity contribution >= 4 is 23.0 Å². The molecule has 3 heterocycles. The average molecular weight is 585 g/mol. The predicted octanol–water partition coefficient (Wildman–Crippen LogP) is 11.4. The van der Waals surface area contributed by atoms with Crippen molar-refractivity contribution in [1.29, 1.82) is 0 Å². The lowest BCUT2D eigenvalue weighted by Gasteiger charge is -2.50. The molecule has 3 aromatic rings. The van der Waals surface area contributed by atoms with Crippen molar-refractivity contribution in [3.8, 4) is 0 Å². The number of hydrogen-bond acceptors (Lipinski definition) is 4. The van der Waals surface area contributed by atoms with E-state index in [1.807, 2.05) is 27.7 Å². The second-order valence-corrected chi connectivity index (χ2v) is 13.8. The van der Waals surface area contributed by atoms with Crippen LogP contribution in [0, 0.1) is 16.7 Å². The zero-order valence-corrected chi connectivity index (χ0v) is 29.7. The zero-order chi connectivity index (χ0) is 32.8. The maximum Gasteiger partial charge on any atom is 0.178 e. The number of benzene rings is 2. The van der Waals surface area contributed by atoms with E-state index < -0.39 is 0 Å². The number of para-hydroxylation sites is 2. The molecule has 0 saturated carbocycles. The van der Waals surface area contributed by atoms with Crippen LogP contribution in [0.5, 0.6) is 0 Å². The highest BCUT2D eigenvalue weighted by molar-refractivity contribution is 5.86. The normalized spacial score (nSPS) is 20.2. The Hall–Kier alpha value is -3.14. The van der Waals surface area contributed by atoms with Crippen molar-refractivity contribution < 1.29 is 0 Å². The van der Waals surface area contributed by atoms with Crippen LogP contribution in [0.1, 0.15) is 113 Å². The van der Waals surface area contributed by atoms with Gasteiger partial charge in [0.2, 0.25) is 0 Å². The minimum atomic E-state index is 0.0509. The van der Waals surface area contributed by atoms with Gasteiger partial charge in [-0.1, -0.05) is 126 Å². The largest absolute Gasteiger partial charge is 0.302 e. The molecule has 0 aliphatic carbocycles. The minimum Gasteiger partial charge on any atom is -0.302 e. The van der Waals surface area contributed by atoms with Gasteiger partial charge in [0.25, 0.3) is 0 Å². The lowest BCUT2D eigenvalue weighted by molar-refractivity contribution is 0.249. The molecular weight excluding hydrogens is 524 g/mol. The van der Waals surface area contributed by atoms with E-state index in [2.05, 4.69) is 140 Å². The van der Waals surface area contributed by atoms with Crippen molar-refractivity contribution in [3.05, 3.63) is 84.7 Å². The molecule has 0 N–H and O–H groups in total. The van der Waals surface area contributed by atoms with E-state index in [-0.39, 0.29) is 22.4 Å². The van der Waals surface area contributed by atoms with Crippen LogP contribution in [0.2, 0.25) is 0 Å². The molecule has 0 spiro atoms. The third kappa shape index (κ3) is 7.33. The van der Waals surface area contributed by atoms with E-state index in [1.54, 1.807) is 0 Å². The van der Waals surface area contributed by atoms with Gasteiger partial charge in [0.05, 0.1) is 11.4 Å². The molecule has 1 aromatic heterocycles. The maximum absolute atomic E-state index is 5.51. The zero-order valence-electron chi connectivity index (χ0n) is 29.7. The molecule has 0 amide bonds. The number of aromatic nitrogens is 2. The Morgan fingerprint density at radius 1 is 0.721 bits per heavy atom. The molecule has 0 radical (unpaired) electrons. The van der Waals surface area contributed by atoms with Gasteiger partial charge in [-0.25, -0.2) is 9.97 Å². The van der Waals surface area contributed by atoms with Crippen LogP contribution in [-0.4, -0.2) is 16.1 Å². The van der Waals surface area contributed by atoms with E-state index in [4.69, 9.17) is 9.97 Å². The van der Waals surface area contributed by atoms with Crippen LogP contribution >= 0.6 is 0 Å². The summed E-state index contributed by atoms with van der Waals surface area (Å²) in [6.07, 6.45) is 3.02. The highest BCUT2D eigenvalue weighted by atomic mass is 15.5. The smallest absolute Gasteiger partial charge is 0.178 e. The maximum atomic E-state index is 5.51. The quantitative estimate of drug-likeness (QED) is 0.286. The summed E-state index contributed by atoms with van der Waals surface area (Å²) in [4.78, 5) is 16.0. The van der Waals surface area contributed by atoms with Crippen LogP contribution in [0.15, 0.2) is 67.8 Å². The second-order valence-electron chi connectivity index (χ2n) is 13.8. The van der Waals surface area contributed by atoms with Gasteiger partial charge in [0, 0.05) is 22.7 Å². The molecule has 0 fully saturated rings. The van der Waals surface area contributed by atoms with Crippen molar-refractivity contribution in [2.24, 2.45) is 16.7 Å². The van der Waals surface area contributed by atoms with Crippen LogP contribution in [-0.2, 0) is 18.3 Å². The number of anilines is 4. The van der Waals surface area contributed by atoms with E-state index in [0.717, 1.165) is 42.3 Å². The molecule has 5 rings (SSSR count). The van der Waals surface area contributed by atoms with Gasteiger partial charge >= 0.3 is 0 Å². The first kappa shape index (κ1) is 36.1. The summed E-state index contributed by atoms with van der Waals surface area (Å²) in [5.41, 5.74) is 6.45. The molecule has 3 unspecified atom stereocenters. The monoisotopic (exact) mass is 584 g/mol. The van der Waals surface area contributed by atoms with Crippen LogP contribution < -0.4 is 9.80 Å². The van der Waals surface area contributed by atoms with Crippen LogP contribution in [0.25, 0.3) is 0 Å². The third-order valence-electron chi connectivity index (χ3n) is 8.40. The molecule has 4 heteroatoms. The molecule has 236 valence electrons. The lowest BCUT2D eigenvalue weighted by atomic mass is 9.66. The number of hydrogen-bond donors (Lipinski definition) is 0. The fourth-order valence-corrected chi connectivity index (χ4v) is 6.28. The topological polar surface area (TPSA) is 32.3 Å². The Bertz CT molecular complexity index is 1300. The van der Waals surface area contributed by atoms with Gasteiger partial charge in [0.1, 0.15) is 6.17 Å². The van der Waals surface area contributed by atoms with Crippen molar-refractivity contribution in [1.82, 2.24) is 9.97 Å². The Labute approximate surface area is 264 Å². The molecule has 2 aliphatic rings. The molecule has 0 bridgehead atoms. The molecule has 2 aromatic carbocycles. The first-order valence-corrected chi connectivity index (χ1v) is 16.5. The Balaban J connectivity index is 0.00000101. The van der Waals surface area contributed by atoms with Gasteiger partial charge in [-0.2, -0.15) is 0 Å².